The topological polar surface area (TPSA) is 49.8 Å². The lowest BCUT2D eigenvalue weighted by molar-refractivity contribution is 0.268. The predicted octanol–water partition coefficient (Wildman–Crippen LogP) is 3.42. The molecule has 0 saturated heterocycles. The van der Waals surface area contributed by atoms with Gasteiger partial charge in [-0.2, -0.15) is 0 Å². The number of anilines is 2. The van der Waals surface area contributed by atoms with Crippen LogP contribution in [0.5, 0.6) is 0 Å². The number of nitrogens with one attached hydrogen (secondary N) is 2. The van der Waals surface area contributed by atoms with Crippen molar-refractivity contribution in [3.05, 3.63) is 10.8 Å². The molecule has 17 heavy (non-hydrogen) atoms. The quantitative estimate of drug-likeness (QED) is 0.874. The smallest absolute Gasteiger partial charge is 0.146 e. The number of nitrogens with zero attached hydrogens (tertiary/aromatic N) is 2. The first-order chi connectivity index (χ1) is 8.21. The van der Waals surface area contributed by atoms with Gasteiger partial charge < -0.3 is 10.6 Å². The van der Waals surface area contributed by atoms with E-state index in [2.05, 4.69) is 50.4 Å². The fraction of sp³-hybridized carbons (Fsp3) is 0.667. The Bertz CT molecular complexity index is 385. The van der Waals surface area contributed by atoms with Gasteiger partial charge in [0, 0.05) is 12.1 Å². The summed E-state index contributed by atoms with van der Waals surface area (Å²) in [6.45, 7) is 5.14. The van der Waals surface area contributed by atoms with E-state index >= 15 is 0 Å². The molecule has 0 radical (unpaired) electrons. The lowest BCUT2D eigenvalue weighted by Gasteiger charge is -2.42. The summed E-state index contributed by atoms with van der Waals surface area (Å²) in [5, 5.41) is 6.79. The highest BCUT2D eigenvalue weighted by molar-refractivity contribution is 9.10. The first kappa shape index (κ1) is 12.6. The van der Waals surface area contributed by atoms with E-state index in [-0.39, 0.29) is 5.54 Å². The van der Waals surface area contributed by atoms with Crippen LogP contribution in [0.15, 0.2) is 10.8 Å². The van der Waals surface area contributed by atoms with Crippen LogP contribution in [0, 0.1) is 0 Å². The van der Waals surface area contributed by atoms with Gasteiger partial charge in [0.05, 0.1) is 0 Å². The average molecular weight is 299 g/mol. The molecule has 94 valence electrons. The molecule has 1 aromatic rings. The Hall–Kier alpha value is -0.840. The van der Waals surface area contributed by atoms with Crippen molar-refractivity contribution >= 4 is 27.6 Å². The van der Waals surface area contributed by atoms with Gasteiger partial charge in [0.1, 0.15) is 22.4 Å². The Kier molecular flexibility index (Phi) is 3.86. The van der Waals surface area contributed by atoms with Crippen molar-refractivity contribution in [2.45, 2.75) is 45.1 Å². The molecular formula is C12H19BrN4. The van der Waals surface area contributed by atoms with Crippen LogP contribution < -0.4 is 10.6 Å². The van der Waals surface area contributed by atoms with Gasteiger partial charge in [-0.1, -0.05) is 6.92 Å². The van der Waals surface area contributed by atoms with Crippen molar-refractivity contribution < 1.29 is 0 Å². The molecule has 0 atom stereocenters. The third-order valence-electron chi connectivity index (χ3n) is 3.50. The van der Waals surface area contributed by atoms with Crippen LogP contribution in [0.1, 0.15) is 39.5 Å². The molecule has 2 N–H and O–H groups in total. The summed E-state index contributed by atoms with van der Waals surface area (Å²) < 4.78 is 0.932. The van der Waals surface area contributed by atoms with Crippen molar-refractivity contribution in [3.63, 3.8) is 0 Å². The summed E-state index contributed by atoms with van der Waals surface area (Å²) in [6, 6.07) is 0. The van der Waals surface area contributed by atoms with E-state index in [1.807, 2.05) is 0 Å². The summed E-state index contributed by atoms with van der Waals surface area (Å²) >= 11 is 3.57. The van der Waals surface area contributed by atoms with E-state index in [1.54, 1.807) is 6.33 Å². The Morgan fingerprint density at radius 3 is 2.53 bits per heavy atom. The summed E-state index contributed by atoms with van der Waals surface area (Å²) in [6.07, 6.45) is 6.52. The van der Waals surface area contributed by atoms with Gasteiger partial charge >= 0.3 is 0 Å². The fourth-order valence-electron chi connectivity index (χ4n) is 2.17. The second-order valence-corrected chi connectivity index (χ2v) is 5.32. The van der Waals surface area contributed by atoms with E-state index in [0.717, 1.165) is 29.1 Å². The second kappa shape index (κ2) is 5.21. The Labute approximate surface area is 111 Å². The highest BCUT2D eigenvalue weighted by Gasteiger charge is 2.35. The highest BCUT2D eigenvalue weighted by atomic mass is 79.9. The molecule has 0 bridgehead atoms. The molecule has 1 heterocycles. The molecule has 5 heteroatoms. The molecular weight excluding hydrogens is 280 g/mol. The molecule has 0 amide bonds. The Morgan fingerprint density at radius 1 is 1.29 bits per heavy atom. The maximum absolute atomic E-state index is 4.33. The van der Waals surface area contributed by atoms with Gasteiger partial charge in [0.2, 0.25) is 0 Å². The summed E-state index contributed by atoms with van der Waals surface area (Å²) in [5.41, 5.74) is 0.250. The zero-order chi connectivity index (χ0) is 12.3. The number of rotatable bonds is 5. The third kappa shape index (κ3) is 2.54. The Balaban J connectivity index is 2.18. The van der Waals surface area contributed by atoms with Crippen molar-refractivity contribution in [2.75, 3.05) is 17.2 Å². The van der Waals surface area contributed by atoms with Crippen LogP contribution in [-0.4, -0.2) is 22.1 Å². The minimum atomic E-state index is 0.250. The first-order valence-electron chi connectivity index (χ1n) is 6.23. The van der Waals surface area contributed by atoms with Crippen molar-refractivity contribution in [1.82, 2.24) is 9.97 Å². The van der Waals surface area contributed by atoms with Crippen molar-refractivity contribution in [2.24, 2.45) is 0 Å². The SMILES string of the molecule is CCNc1ncnc(NC2(CC)CCC2)c1Br. The van der Waals surface area contributed by atoms with Gasteiger partial charge in [-0.25, -0.2) is 9.97 Å². The number of hydrogen-bond acceptors (Lipinski definition) is 4. The maximum atomic E-state index is 4.33. The second-order valence-electron chi connectivity index (χ2n) is 4.53. The van der Waals surface area contributed by atoms with Crippen molar-refractivity contribution in [1.29, 1.82) is 0 Å². The van der Waals surface area contributed by atoms with E-state index in [4.69, 9.17) is 0 Å². The molecule has 4 nitrogen and oxygen atoms in total. The molecule has 1 saturated carbocycles. The molecule has 2 rings (SSSR count). The van der Waals surface area contributed by atoms with E-state index in [9.17, 15) is 0 Å². The number of aromatic nitrogens is 2. The normalized spacial score (nSPS) is 17.4. The molecule has 0 unspecified atom stereocenters. The standard InChI is InChI=1S/C12H19BrN4/c1-3-12(6-5-7-12)17-11-9(13)10(14-4-2)15-8-16-11/h8H,3-7H2,1-2H3,(H2,14,15,16,17). The van der Waals surface area contributed by atoms with E-state index in [0.29, 0.717) is 0 Å². The van der Waals surface area contributed by atoms with Gasteiger partial charge in [0.15, 0.2) is 0 Å². The minimum absolute atomic E-state index is 0.250. The van der Waals surface area contributed by atoms with Crippen LogP contribution in [0.4, 0.5) is 11.6 Å². The largest absolute Gasteiger partial charge is 0.369 e. The fourth-order valence-corrected chi connectivity index (χ4v) is 2.61. The van der Waals surface area contributed by atoms with Crippen LogP contribution in [0.25, 0.3) is 0 Å². The maximum Gasteiger partial charge on any atom is 0.146 e. The summed E-state index contributed by atoms with van der Waals surface area (Å²) in [7, 11) is 0. The molecule has 0 aliphatic heterocycles. The van der Waals surface area contributed by atoms with Gasteiger partial charge in [-0.15, -0.1) is 0 Å². The molecule has 1 aromatic heterocycles. The lowest BCUT2D eigenvalue weighted by atomic mass is 9.75. The van der Waals surface area contributed by atoms with E-state index < -0.39 is 0 Å². The lowest BCUT2D eigenvalue weighted by Crippen LogP contribution is -2.44. The zero-order valence-corrected chi connectivity index (χ0v) is 12.0. The molecule has 0 spiro atoms. The van der Waals surface area contributed by atoms with Gasteiger partial charge in [-0.05, 0) is 48.5 Å². The van der Waals surface area contributed by atoms with Crippen LogP contribution in [-0.2, 0) is 0 Å². The van der Waals surface area contributed by atoms with E-state index in [1.165, 1.54) is 19.3 Å². The molecule has 0 aromatic carbocycles. The summed E-state index contributed by atoms with van der Waals surface area (Å²) in [5.74, 6) is 1.76. The molecule has 1 aliphatic carbocycles. The summed E-state index contributed by atoms with van der Waals surface area (Å²) in [4.78, 5) is 8.55. The molecule has 1 aliphatic rings. The average Bonchev–Trinajstić information content (AvgIpc) is 2.28. The number of halogens is 1. The van der Waals surface area contributed by atoms with Crippen LogP contribution in [0.3, 0.4) is 0 Å². The van der Waals surface area contributed by atoms with Gasteiger partial charge in [-0.3, -0.25) is 0 Å². The van der Waals surface area contributed by atoms with Crippen molar-refractivity contribution in [3.8, 4) is 0 Å². The third-order valence-corrected chi connectivity index (χ3v) is 4.26. The zero-order valence-electron chi connectivity index (χ0n) is 10.4. The first-order valence-corrected chi connectivity index (χ1v) is 7.02. The minimum Gasteiger partial charge on any atom is -0.369 e. The monoisotopic (exact) mass is 298 g/mol. The Morgan fingerprint density at radius 2 is 2.00 bits per heavy atom. The molecule has 1 fully saturated rings. The van der Waals surface area contributed by atoms with Crippen LogP contribution in [0.2, 0.25) is 0 Å². The number of hydrogen-bond donors (Lipinski definition) is 2. The predicted molar refractivity (Wildman–Crippen MR) is 74.4 cm³/mol. The van der Waals surface area contributed by atoms with Crippen LogP contribution >= 0.6 is 15.9 Å². The highest BCUT2D eigenvalue weighted by Crippen LogP contribution is 2.39. The van der Waals surface area contributed by atoms with Gasteiger partial charge in [0.25, 0.3) is 0 Å².